The van der Waals surface area contributed by atoms with Gasteiger partial charge >= 0.3 is 0 Å². The highest BCUT2D eigenvalue weighted by Crippen LogP contribution is 2.21. The van der Waals surface area contributed by atoms with Crippen molar-refractivity contribution in [2.24, 2.45) is 0 Å². The van der Waals surface area contributed by atoms with Gasteiger partial charge in [0.2, 0.25) is 5.88 Å². The first-order valence-corrected chi connectivity index (χ1v) is 5.68. The molecule has 0 aliphatic carbocycles. The SMILES string of the molecule is COc1ncccc1NC(=O)c1cc(C)ccc1F. The van der Waals surface area contributed by atoms with Gasteiger partial charge in [-0.15, -0.1) is 0 Å². The molecular weight excluding hydrogens is 247 g/mol. The van der Waals surface area contributed by atoms with Gasteiger partial charge in [-0.25, -0.2) is 9.37 Å². The van der Waals surface area contributed by atoms with Gasteiger partial charge in [-0.3, -0.25) is 4.79 Å². The minimum atomic E-state index is -0.564. The number of rotatable bonds is 3. The highest BCUT2D eigenvalue weighted by molar-refractivity contribution is 6.05. The summed E-state index contributed by atoms with van der Waals surface area (Å²) < 4.78 is 18.6. The van der Waals surface area contributed by atoms with Crippen molar-refractivity contribution in [1.82, 2.24) is 4.98 Å². The van der Waals surface area contributed by atoms with Gasteiger partial charge in [0.15, 0.2) is 0 Å². The van der Waals surface area contributed by atoms with E-state index in [0.717, 1.165) is 5.56 Å². The average Bonchev–Trinajstić information content (AvgIpc) is 2.42. The van der Waals surface area contributed by atoms with Gasteiger partial charge in [-0.05, 0) is 31.2 Å². The summed E-state index contributed by atoms with van der Waals surface area (Å²) in [4.78, 5) is 16.0. The predicted molar refractivity (Wildman–Crippen MR) is 69.9 cm³/mol. The van der Waals surface area contributed by atoms with Crippen molar-refractivity contribution in [3.63, 3.8) is 0 Å². The highest BCUT2D eigenvalue weighted by Gasteiger charge is 2.14. The largest absolute Gasteiger partial charge is 0.480 e. The fraction of sp³-hybridized carbons (Fsp3) is 0.143. The zero-order chi connectivity index (χ0) is 13.8. The number of carbonyl (C=O) groups excluding carboxylic acids is 1. The third kappa shape index (κ3) is 2.88. The van der Waals surface area contributed by atoms with Crippen LogP contribution in [0.15, 0.2) is 36.5 Å². The summed E-state index contributed by atoms with van der Waals surface area (Å²) in [5, 5.41) is 2.58. The molecule has 98 valence electrons. The Morgan fingerprint density at radius 3 is 2.89 bits per heavy atom. The Kier molecular flexibility index (Phi) is 3.75. The van der Waals surface area contributed by atoms with Crippen LogP contribution in [-0.4, -0.2) is 18.0 Å². The number of ether oxygens (including phenoxy) is 1. The Balaban J connectivity index is 2.28. The summed E-state index contributed by atoms with van der Waals surface area (Å²) in [5.41, 5.74) is 1.20. The van der Waals surface area contributed by atoms with E-state index in [1.165, 1.54) is 19.2 Å². The number of benzene rings is 1. The zero-order valence-corrected chi connectivity index (χ0v) is 10.6. The lowest BCUT2D eigenvalue weighted by atomic mass is 10.1. The number of anilines is 1. The van der Waals surface area contributed by atoms with Gasteiger partial charge in [0.05, 0.1) is 12.7 Å². The summed E-state index contributed by atoms with van der Waals surface area (Å²) >= 11 is 0. The molecule has 0 radical (unpaired) electrons. The van der Waals surface area contributed by atoms with Crippen molar-refractivity contribution in [3.8, 4) is 5.88 Å². The monoisotopic (exact) mass is 260 g/mol. The summed E-state index contributed by atoms with van der Waals surface area (Å²) in [5.74, 6) is -0.817. The van der Waals surface area contributed by atoms with E-state index in [-0.39, 0.29) is 11.4 Å². The molecule has 1 aromatic heterocycles. The molecule has 0 saturated heterocycles. The molecule has 4 nitrogen and oxygen atoms in total. The van der Waals surface area contributed by atoms with Gasteiger partial charge in [-0.1, -0.05) is 11.6 Å². The smallest absolute Gasteiger partial charge is 0.258 e. The highest BCUT2D eigenvalue weighted by atomic mass is 19.1. The number of hydrogen-bond acceptors (Lipinski definition) is 3. The lowest BCUT2D eigenvalue weighted by molar-refractivity contribution is 0.102. The Bertz CT molecular complexity index is 614. The van der Waals surface area contributed by atoms with Crippen molar-refractivity contribution < 1.29 is 13.9 Å². The zero-order valence-electron chi connectivity index (χ0n) is 10.6. The van der Waals surface area contributed by atoms with Crippen molar-refractivity contribution in [2.75, 3.05) is 12.4 Å². The number of aromatic nitrogens is 1. The van der Waals surface area contributed by atoms with Crippen molar-refractivity contribution in [1.29, 1.82) is 0 Å². The molecule has 1 amide bonds. The third-order valence-electron chi connectivity index (χ3n) is 2.58. The van der Waals surface area contributed by atoms with Gasteiger partial charge in [0, 0.05) is 6.20 Å². The minimum Gasteiger partial charge on any atom is -0.480 e. The first-order chi connectivity index (χ1) is 9.11. The summed E-state index contributed by atoms with van der Waals surface area (Å²) in [6.07, 6.45) is 1.54. The number of aryl methyl sites for hydroxylation is 1. The lowest BCUT2D eigenvalue weighted by Gasteiger charge is -2.09. The molecule has 0 bridgehead atoms. The maximum Gasteiger partial charge on any atom is 0.258 e. The molecule has 0 unspecified atom stereocenters. The molecule has 2 aromatic rings. The fourth-order valence-corrected chi connectivity index (χ4v) is 1.65. The van der Waals surface area contributed by atoms with E-state index >= 15 is 0 Å². The fourth-order valence-electron chi connectivity index (χ4n) is 1.65. The van der Waals surface area contributed by atoms with E-state index in [1.807, 2.05) is 0 Å². The number of nitrogens with one attached hydrogen (secondary N) is 1. The number of halogens is 1. The molecule has 0 aliphatic heterocycles. The molecule has 0 fully saturated rings. The number of pyridine rings is 1. The van der Waals surface area contributed by atoms with Crippen LogP contribution in [0.1, 0.15) is 15.9 Å². The van der Waals surface area contributed by atoms with E-state index in [0.29, 0.717) is 5.69 Å². The molecule has 2 rings (SSSR count). The minimum absolute atomic E-state index is 0.00842. The summed E-state index contributed by atoms with van der Waals surface area (Å²) in [6, 6.07) is 7.66. The maximum atomic E-state index is 13.6. The molecule has 0 aliphatic rings. The van der Waals surface area contributed by atoms with Crippen LogP contribution in [0.3, 0.4) is 0 Å². The third-order valence-corrected chi connectivity index (χ3v) is 2.58. The Labute approximate surface area is 110 Å². The molecule has 5 heteroatoms. The van der Waals surface area contributed by atoms with Gasteiger partial charge < -0.3 is 10.1 Å². The van der Waals surface area contributed by atoms with Crippen LogP contribution in [0.4, 0.5) is 10.1 Å². The van der Waals surface area contributed by atoms with E-state index in [9.17, 15) is 9.18 Å². The molecule has 1 aromatic carbocycles. The van der Waals surface area contributed by atoms with Crippen LogP contribution in [0.2, 0.25) is 0 Å². The molecule has 19 heavy (non-hydrogen) atoms. The van der Waals surface area contributed by atoms with Crippen LogP contribution in [-0.2, 0) is 0 Å². The molecule has 1 heterocycles. The number of methoxy groups -OCH3 is 1. The van der Waals surface area contributed by atoms with Gasteiger partial charge in [-0.2, -0.15) is 0 Å². The average molecular weight is 260 g/mol. The second-order valence-electron chi connectivity index (χ2n) is 4.00. The first-order valence-electron chi connectivity index (χ1n) is 5.68. The number of amides is 1. The van der Waals surface area contributed by atoms with Crippen LogP contribution >= 0.6 is 0 Å². The van der Waals surface area contributed by atoms with Crippen LogP contribution in [0, 0.1) is 12.7 Å². The Morgan fingerprint density at radius 1 is 1.37 bits per heavy atom. The van der Waals surface area contributed by atoms with Gasteiger partial charge in [0.1, 0.15) is 11.5 Å². The second kappa shape index (κ2) is 5.48. The summed E-state index contributed by atoms with van der Waals surface area (Å²) in [7, 11) is 1.45. The first kappa shape index (κ1) is 13.0. The molecule has 1 N–H and O–H groups in total. The van der Waals surface area contributed by atoms with Crippen molar-refractivity contribution in [2.45, 2.75) is 6.92 Å². The van der Waals surface area contributed by atoms with E-state index < -0.39 is 11.7 Å². The van der Waals surface area contributed by atoms with Gasteiger partial charge in [0.25, 0.3) is 5.91 Å². The van der Waals surface area contributed by atoms with E-state index in [2.05, 4.69) is 10.3 Å². The lowest BCUT2D eigenvalue weighted by Crippen LogP contribution is -2.14. The number of carbonyl (C=O) groups is 1. The Hall–Kier alpha value is -2.43. The quantitative estimate of drug-likeness (QED) is 0.923. The number of nitrogens with zero attached hydrogens (tertiary/aromatic N) is 1. The van der Waals surface area contributed by atoms with Crippen molar-refractivity contribution in [3.05, 3.63) is 53.5 Å². The van der Waals surface area contributed by atoms with E-state index in [1.54, 1.807) is 31.3 Å². The molecular formula is C14H13FN2O2. The summed E-state index contributed by atoms with van der Waals surface area (Å²) in [6.45, 7) is 1.79. The molecule has 0 saturated carbocycles. The molecule has 0 spiro atoms. The predicted octanol–water partition coefficient (Wildman–Crippen LogP) is 2.79. The Morgan fingerprint density at radius 2 is 2.16 bits per heavy atom. The topological polar surface area (TPSA) is 51.2 Å². The second-order valence-corrected chi connectivity index (χ2v) is 4.00. The number of hydrogen-bond donors (Lipinski definition) is 1. The van der Waals surface area contributed by atoms with Crippen LogP contribution < -0.4 is 10.1 Å². The standard InChI is InChI=1S/C14H13FN2O2/c1-9-5-6-11(15)10(8-9)13(18)17-12-4-3-7-16-14(12)19-2/h3-8H,1-2H3,(H,17,18). The van der Waals surface area contributed by atoms with Crippen LogP contribution in [0.25, 0.3) is 0 Å². The molecule has 0 atom stereocenters. The normalized spacial score (nSPS) is 10.1. The van der Waals surface area contributed by atoms with E-state index in [4.69, 9.17) is 4.74 Å². The maximum absolute atomic E-state index is 13.6. The van der Waals surface area contributed by atoms with Crippen molar-refractivity contribution >= 4 is 11.6 Å². The van der Waals surface area contributed by atoms with Crippen LogP contribution in [0.5, 0.6) is 5.88 Å².